The number of ketones is 1. The van der Waals surface area contributed by atoms with Crippen LogP contribution < -0.4 is 0 Å². The SMILES string of the molecule is CO[C@H](/C=C/C(C)C)[C@@H](O)[C@H](O)[C@H](O)/C=C/CC1=C[C@H](O)[C@H]([C@H](C)/C=C/C=C(\C)[C@H](O)C/C=C(/C)CO[C@@H]2O[C@H](CO[C@@H]3O[C@H](CO)[C@@H](O)[C@H](O)[C@H]3O)[C@@H](O)[C@H](O[C@@H]3O[C@H](CO)[C@@H](O)[C@H](O[C@@H]4O[C@H](CO)[C@@H](O)[C@H](O)[C@H]4O)[C@H]3O)[C@H]2O)[C@@H](C)C1=O. The molecule has 0 radical (unpaired) electrons. The number of ether oxygens (including phenoxy) is 9. The van der Waals surface area contributed by atoms with Gasteiger partial charge in [-0.1, -0.05) is 81.9 Å². The molecule has 28 heteroatoms. The third-order valence-electron chi connectivity index (χ3n) is 16.0. The van der Waals surface area contributed by atoms with Crippen LogP contribution in [0.3, 0.4) is 0 Å². The lowest BCUT2D eigenvalue weighted by Gasteiger charge is -2.48. The van der Waals surface area contributed by atoms with Gasteiger partial charge in [-0.05, 0) is 55.7 Å². The summed E-state index contributed by atoms with van der Waals surface area (Å²) in [6.07, 6.45) is -29.0. The maximum absolute atomic E-state index is 13.5. The predicted molar refractivity (Wildman–Crippen MR) is 292 cm³/mol. The third-order valence-corrected chi connectivity index (χ3v) is 16.0. The van der Waals surface area contributed by atoms with Crippen molar-refractivity contribution in [1.82, 2.24) is 0 Å². The van der Waals surface area contributed by atoms with Crippen molar-refractivity contribution in [1.29, 1.82) is 0 Å². The highest BCUT2D eigenvalue weighted by molar-refractivity contribution is 5.98. The lowest BCUT2D eigenvalue weighted by Crippen LogP contribution is -2.67. The van der Waals surface area contributed by atoms with E-state index in [0.29, 0.717) is 16.7 Å². The molecule has 4 fully saturated rings. The number of aliphatic hydroxyl groups is 18. The van der Waals surface area contributed by atoms with E-state index in [2.05, 4.69) is 0 Å². The minimum atomic E-state index is -2.10. The van der Waals surface area contributed by atoms with E-state index in [9.17, 15) is 96.7 Å². The number of methoxy groups -OCH3 is 1. The first-order chi connectivity index (χ1) is 40.1. The van der Waals surface area contributed by atoms with Gasteiger partial charge in [0, 0.05) is 18.9 Å². The van der Waals surface area contributed by atoms with Crippen molar-refractivity contribution < 1.29 is 139 Å². The third kappa shape index (κ3) is 18.6. The summed E-state index contributed by atoms with van der Waals surface area (Å²) in [5, 5.41) is 192. The Morgan fingerprint density at radius 2 is 1.12 bits per heavy atom. The van der Waals surface area contributed by atoms with Gasteiger partial charge in [0.15, 0.2) is 30.9 Å². The Bertz CT molecular complexity index is 2220. The predicted octanol–water partition coefficient (Wildman–Crippen LogP) is -5.51. The molecular weight excluding hydrogens is 1130 g/mol. The van der Waals surface area contributed by atoms with Crippen molar-refractivity contribution in [2.24, 2.45) is 23.7 Å². The van der Waals surface area contributed by atoms with E-state index >= 15 is 0 Å². The van der Waals surface area contributed by atoms with E-state index in [-0.39, 0.29) is 37.1 Å². The number of aliphatic hydroxyl groups excluding tert-OH is 18. The van der Waals surface area contributed by atoms with Crippen LogP contribution in [-0.4, -0.2) is 297 Å². The summed E-state index contributed by atoms with van der Waals surface area (Å²) in [6, 6.07) is 0. The topological polar surface area (TPSA) is 464 Å². The molecule has 4 saturated heterocycles. The van der Waals surface area contributed by atoms with Crippen molar-refractivity contribution in [3.63, 3.8) is 0 Å². The fourth-order valence-electron chi connectivity index (χ4n) is 10.5. The first-order valence-corrected chi connectivity index (χ1v) is 28.4. The normalized spacial score (nSPS) is 40.5. The summed E-state index contributed by atoms with van der Waals surface area (Å²) in [5.41, 5.74) is 1.35. The van der Waals surface area contributed by atoms with Crippen molar-refractivity contribution in [2.75, 3.05) is 40.1 Å². The second-order valence-corrected chi connectivity index (χ2v) is 22.8. The van der Waals surface area contributed by atoms with Gasteiger partial charge in [-0.15, -0.1) is 0 Å². The van der Waals surface area contributed by atoms with Gasteiger partial charge in [0.2, 0.25) is 0 Å². The molecule has 0 unspecified atom stereocenters. The Morgan fingerprint density at radius 1 is 0.612 bits per heavy atom. The van der Waals surface area contributed by atoms with Crippen LogP contribution >= 0.6 is 0 Å². The van der Waals surface area contributed by atoms with Crippen LogP contribution in [0.1, 0.15) is 54.4 Å². The molecule has 0 aromatic heterocycles. The number of carbonyl (C=O) groups is 1. The molecule has 5 rings (SSSR count). The molecule has 0 bridgehead atoms. The molecule has 28 nitrogen and oxygen atoms in total. The van der Waals surface area contributed by atoms with Gasteiger partial charge in [0.25, 0.3) is 0 Å². The number of allylic oxidation sites excluding steroid dienone is 6. The Kier molecular flexibility index (Phi) is 28.9. The van der Waals surface area contributed by atoms with Crippen molar-refractivity contribution in [3.8, 4) is 0 Å². The Hall–Kier alpha value is -2.97. The van der Waals surface area contributed by atoms with Gasteiger partial charge >= 0.3 is 0 Å². The molecule has 18 N–H and O–H groups in total. The number of carbonyl (C=O) groups excluding carboxylic acids is 1. The lowest BCUT2D eigenvalue weighted by molar-refractivity contribution is -0.382. The molecule has 4 heterocycles. The molecular formula is C57H92O28. The van der Waals surface area contributed by atoms with E-state index < -0.39 is 198 Å². The Labute approximate surface area is 492 Å². The highest BCUT2D eigenvalue weighted by Gasteiger charge is 2.55. The van der Waals surface area contributed by atoms with Crippen molar-refractivity contribution >= 4 is 5.78 Å². The van der Waals surface area contributed by atoms with E-state index in [1.807, 2.05) is 20.8 Å². The van der Waals surface area contributed by atoms with E-state index in [1.165, 1.54) is 25.3 Å². The minimum absolute atomic E-state index is 0.0586. The standard InChI is InChI=1S/C57H92O28/c1-24(2)14-17-33(77-7)41(66)40(65)31(62)13-9-12-29-18-32(63)38(28(6)39(29)64)27(5)11-8-10-26(4)30(61)16-15-25(3)22-78-55-50(75)53(45(70)37(83-55)23-79-54-48(73)46(71)42(67)34(19-58)80-54)85-57-51(76)52(44(69)36(21-60)82-57)84-56-49(74)47(72)43(68)35(20-59)81-56/h8-11,13-15,17-18,24,27-28,30-38,40-63,65-76H,12,16,19-23H2,1-7H3/b11-8+,13-9+,17-14+,25-15-,26-10+/t27-,28-,30-,31-,32+,33-,34-,35-,36-,37-,38-,40-,41-,42-,43-,44-,45-,46+,47+,48-,49-,50-,51-,52+,53+,54-,55-,56+,57+/m1/s1. The highest BCUT2D eigenvalue weighted by Crippen LogP contribution is 2.36. The summed E-state index contributed by atoms with van der Waals surface area (Å²) in [4.78, 5) is 13.5. The summed E-state index contributed by atoms with van der Waals surface area (Å²) in [7, 11) is 1.37. The average molecular weight is 1230 g/mol. The van der Waals surface area contributed by atoms with Crippen LogP contribution in [0.25, 0.3) is 0 Å². The molecule has 0 aromatic rings. The summed E-state index contributed by atoms with van der Waals surface area (Å²) in [5.74, 6) is -1.46. The summed E-state index contributed by atoms with van der Waals surface area (Å²) >= 11 is 0. The Morgan fingerprint density at radius 3 is 1.68 bits per heavy atom. The van der Waals surface area contributed by atoms with Gasteiger partial charge < -0.3 is 135 Å². The average Bonchev–Trinajstić information content (AvgIpc) is 2.14. The Balaban J connectivity index is 1.23. The first kappa shape index (κ1) is 72.8. The van der Waals surface area contributed by atoms with Gasteiger partial charge in [0.1, 0.15) is 122 Å². The number of rotatable bonds is 28. The molecule has 29 atom stereocenters. The van der Waals surface area contributed by atoms with Gasteiger partial charge in [-0.2, -0.15) is 0 Å². The molecule has 85 heavy (non-hydrogen) atoms. The molecule has 0 saturated carbocycles. The molecule has 0 amide bonds. The van der Waals surface area contributed by atoms with E-state index in [4.69, 9.17) is 42.6 Å². The summed E-state index contributed by atoms with van der Waals surface area (Å²) < 4.78 is 50.8. The van der Waals surface area contributed by atoms with Crippen molar-refractivity contribution in [2.45, 2.75) is 214 Å². The summed E-state index contributed by atoms with van der Waals surface area (Å²) in [6.45, 7) is 7.15. The largest absolute Gasteiger partial charge is 0.394 e. The molecule has 0 spiro atoms. The number of Topliss-reactive ketones (excluding diaryl/α,β-unsaturated/α-hetero) is 1. The lowest BCUT2D eigenvalue weighted by atomic mass is 9.71. The van der Waals surface area contributed by atoms with Crippen LogP contribution in [0, 0.1) is 23.7 Å². The maximum Gasteiger partial charge on any atom is 0.187 e. The number of hydrogen-bond donors (Lipinski definition) is 18. The second-order valence-electron chi connectivity index (χ2n) is 22.8. The fourth-order valence-corrected chi connectivity index (χ4v) is 10.5. The minimum Gasteiger partial charge on any atom is -0.394 e. The van der Waals surface area contributed by atoms with Crippen LogP contribution in [0.2, 0.25) is 0 Å². The zero-order valence-corrected chi connectivity index (χ0v) is 48.6. The fraction of sp³-hybridized carbons (Fsp3) is 0.772. The van der Waals surface area contributed by atoms with E-state index in [1.54, 1.807) is 57.2 Å². The molecule has 1 aliphatic carbocycles. The van der Waals surface area contributed by atoms with Crippen LogP contribution in [-0.2, 0) is 47.4 Å². The van der Waals surface area contributed by atoms with Crippen LogP contribution in [0.4, 0.5) is 0 Å². The maximum atomic E-state index is 13.5. The highest BCUT2D eigenvalue weighted by atomic mass is 16.8. The van der Waals surface area contributed by atoms with Crippen LogP contribution in [0.5, 0.6) is 0 Å². The molecule has 4 aliphatic heterocycles. The quantitative estimate of drug-likeness (QED) is 0.0257. The van der Waals surface area contributed by atoms with Gasteiger partial charge in [-0.3, -0.25) is 4.79 Å². The van der Waals surface area contributed by atoms with Crippen molar-refractivity contribution in [3.05, 3.63) is 71.4 Å². The monoisotopic (exact) mass is 1220 g/mol. The first-order valence-electron chi connectivity index (χ1n) is 28.4. The molecule has 488 valence electrons. The molecule has 5 aliphatic rings. The zero-order chi connectivity index (χ0) is 63.3. The van der Waals surface area contributed by atoms with E-state index in [0.717, 1.165) is 0 Å². The van der Waals surface area contributed by atoms with Crippen LogP contribution in [0.15, 0.2) is 71.4 Å². The smallest absolute Gasteiger partial charge is 0.187 e. The number of hydrogen-bond acceptors (Lipinski definition) is 28. The van der Waals surface area contributed by atoms with Gasteiger partial charge in [-0.25, -0.2) is 0 Å². The zero-order valence-electron chi connectivity index (χ0n) is 48.6. The van der Waals surface area contributed by atoms with Gasteiger partial charge in [0.05, 0.1) is 45.2 Å². The molecule has 0 aromatic carbocycles. The second kappa shape index (κ2) is 33.7.